The summed E-state index contributed by atoms with van der Waals surface area (Å²) in [5.74, 6) is 0. The highest BCUT2D eigenvalue weighted by Gasteiger charge is 2.15. The summed E-state index contributed by atoms with van der Waals surface area (Å²) in [5, 5.41) is 8.61. The summed E-state index contributed by atoms with van der Waals surface area (Å²) in [6.07, 6.45) is 0.249. The first kappa shape index (κ1) is 14.9. The van der Waals surface area contributed by atoms with Crippen molar-refractivity contribution in [3.8, 4) is 6.07 Å². The molecule has 0 radical (unpaired) electrons. The Bertz CT molecular complexity index is 791. The number of hydrogen-bond donors (Lipinski definition) is 2. The van der Waals surface area contributed by atoms with Crippen LogP contribution in [0.25, 0.3) is 0 Å². The molecule has 6 heteroatoms. The number of nitrogens with one attached hydrogen (secondary N) is 1. The summed E-state index contributed by atoms with van der Waals surface area (Å²) >= 11 is 0. The van der Waals surface area contributed by atoms with E-state index in [9.17, 15) is 8.42 Å². The van der Waals surface area contributed by atoms with Gasteiger partial charge in [-0.25, -0.2) is 8.42 Å². The first-order valence-electron chi connectivity index (χ1n) is 6.27. The fourth-order valence-electron chi connectivity index (χ4n) is 1.84. The van der Waals surface area contributed by atoms with Gasteiger partial charge in [0.1, 0.15) is 0 Å². The van der Waals surface area contributed by atoms with Crippen molar-refractivity contribution in [3.05, 3.63) is 53.6 Å². The van der Waals surface area contributed by atoms with E-state index in [-0.39, 0.29) is 11.3 Å². The summed E-state index contributed by atoms with van der Waals surface area (Å²) < 4.78 is 27.1. The molecule has 0 spiro atoms. The maximum atomic E-state index is 12.3. The second kappa shape index (κ2) is 5.85. The Balaban J connectivity index is 2.30. The molecule has 0 atom stereocenters. The van der Waals surface area contributed by atoms with Crippen molar-refractivity contribution in [2.75, 3.05) is 10.5 Å². The molecule has 2 aromatic rings. The third kappa shape index (κ3) is 3.52. The Labute approximate surface area is 124 Å². The molecule has 0 aliphatic carbocycles. The monoisotopic (exact) mass is 301 g/mol. The lowest BCUT2D eigenvalue weighted by Gasteiger charge is -2.11. The summed E-state index contributed by atoms with van der Waals surface area (Å²) in [7, 11) is -3.70. The van der Waals surface area contributed by atoms with Gasteiger partial charge < -0.3 is 5.73 Å². The van der Waals surface area contributed by atoms with Crippen LogP contribution in [0.15, 0.2) is 47.4 Å². The third-order valence-electron chi connectivity index (χ3n) is 2.97. The van der Waals surface area contributed by atoms with Gasteiger partial charge in [0.05, 0.1) is 28.8 Å². The van der Waals surface area contributed by atoms with Crippen molar-refractivity contribution in [1.82, 2.24) is 0 Å². The number of anilines is 2. The van der Waals surface area contributed by atoms with Crippen LogP contribution in [0.4, 0.5) is 11.4 Å². The number of benzene rings is 2. The van der Waals surface area contributed by atoms with E-state index in [0.717, 1.165) is 11.1 Å². The fourth-order valence-corrected chi connectivity index (χ4v) is 2.92. The van der Waals surface area contributed by atoms with Crippen LogP contribution >= 0.6 is 0 Å². The van der Waals surface area contributed by atoms with Gasteiger partial charge in [-0.2, -0.15) is 5.26 Å². The third-order valence-corrected chi connectivity index (χ3v) is 4.35. The van der Waals surface area contributed by atoms with Crippen molar-refractivity contribution in [1.29, 1.82) is 5.26 Å². The maximum absolute atomic E-state index is 12.3. The van der Waals surface area contributed by atoms with Gasteiger partial charge in [-0.05, 0) is 42.3 Å². The molecule has 0 bridgehead atoms. The number of nitriles is 1. The molecular weight excluding hydrogens is 286 g/mol. The summed E-state index contributed by atoms with van der Waals surface area (Å²) in [6, 6.07) is 13.3. The average Bonchev–Trinajstić information content (AvgIpc) is 2.44. The molecule has 2 rings (SSSR count). The highest BCUT2D eigenvalue weighted by Crippen LogP contribution is 2.23. The van der Waals surface area contributed by atoms with E-state index in [0.29, 0.717) is 11.4 Å². The van der Waals surface area contributed by atoms with E-state index in [2.05, 4.69) is 4.72 Å². The van der Waals surface area contributed by atoms with Gasteiger partial charge in [0, 0.05) is 0 Å². The molecule has 21 heavy (non-hydrogen) atoms. The van der Waals surface area contributed by atoms with Crippen LogP contribution in [-0.4, -0.2) is 8.42 Å². The van der Waals surface area contributed by atoms with Crippen LogP contribution in [0.2, 0.25) is 0 Å². The minimum atomic E-state index is -3.70. The lowest BCUT2D eigenvalue weighted by molar-refractivity contribution is 0.601. The van der Waals surface area contributed by atoms with Crippen molar-refractivity contribution in [2.45, 2.75) is 18.2 Å². The lowest BCUT2D eigenvalue weighted by Crippen LogP contribution is -2.14. The Morgan fingerprint density at radius 3 is 2.48 bits per heavy atom. The second-order valence-corrected chi connectivity index (χ2v) is 6.36. The van der Waals surface area contributed by atoms with Gasteiger partial charge >= 0.3 is 0 Å². The molecule has 5 nitrogen and oxygen atoms in total. The molecule has 0 aromatic heterocycles. The molecule has 0 unspecified atom stereocenters. The van der Waals surface area contributed by atoms with Crippen molar-refractivity contribution in [2.24, 2.45) is 0 Å². The van der Waals surface area contributed by atoms with E-state index in [1.54, 1.807) is 24.3 Å². The molecule has 108 valence electrons. The zero-order valence-corrected chi connectivity index (χ0v) is 12.3. The van der Waals surface area contributed by atoms with E-state index >= 15 is 0 Å². The summed E-state index contributed by atoms with van der Waals surface area (Å²) in [6.45, 7) is 1.86. The molecular formula is C15H15N3O2S. The van der Waals surface area contributed by atoms with Gasteiger partial charge in [0.25, 0.3) is 10.0 Å². The van der Waals surface area contributed by atoms with Gasteiger partial charge in [-0.3, -0.25) is 4.72 Å². The van der Waals surface area contributed by atoms with Crippen LogP contribution in [-0.2, 0) is 16.4 Å². The molecule has 0 aliphatic heterocycles. The van der Waals surface area contributed by atoms with E-state index in [1.165, 1.54) is 12.1 Å². The minimum absolute atomic E-state index is 0.130. The molecule has 3 N–H and O–H groups in total. The van der Waals surface area contributed by atoms with Crippen LogP contribution in [0.5, 0.6) is 0 Å². The molecule has 2 aromatic carbocycles. The van der Waals surface area contributed by atoms with Crippen LogP contribution in [0.3, 0.4) is 0 Å². The van der Waals surface area contributed by atoms with Crippen LogP contribution < -0.4 is 10.5 Å². The number of nitrogens with zero attached hydrogens (tertiary/aromatic N) is 1. The van der Waals surface area contributed by atoms with E-state index in [1.807, 2.05) is 19.1 Å². The normalized spacial score (nSPS) is 10.9. The number of nitrogen functional groups attached to an aromatic ring is 1. The van der Waals surface area contributed by atoms with E-state index in [4.69, 9.17) is 11.0 Å². The zero-order chi connectivity index (χ0) is 15.5. The second-order valence-electron chi connectivity index (χ2n) is 4.68. The quantitative estimate of drug-likeness (QED) is 0.848. The number of nitrogens with two attached hydrogens (primary N) is 1. The highest BCUT2D eigenvalue weighted by atomic mass is 32.2. The smallest absolute Gasteiger partial charge is 0.261 e. The van der Waals surface area contributed by atoms with Gasteiger partial charge in [0.2, 0.25) is 0 Å². The Kier molecular flexibility index (Phi) is 4.15. The molecule has 0 heterocycles. The fraction of sp³-hybridized carbons (Fsp3) is 0.133. The average molecular weight is 301 g/mol. The van der Waals surface area contributed by atoms with Crippen molar-refractivity contribution in [3.63, 3.8) is 0 Å². The highest BCUT2D eigenvalue weighted by molar-refractivity contribution is 7.92. The number of aryl methyl sites for hydroxylation is 1. The van der Waals surface area contributed by atoms with E-state index < -0.39 is 10.0 Å². The Morgan fingerprint density at radius 1 is 1.19 bits per heavy atom. The maximum Gasteiger partial charge on any atom is 0.261 e. The Morgan fingerprint density at radius 2 is 1.86 bits per heavy atom. The number of hydrogen-bond acceptors (Lipinski definition) is 4. The van der Waals surface area contributed by atoms with Crippen LogP contribution in [0.1, 0.15) is 11.1 Å². The first-order chi connectivity index (χ1) is 9.92. The standard InChI is InChI=1S/C15H15N3O2S/c1-11-2-7-14(17)15(10-11)18-21(19,20)13-5-3-12(4-6-13)8-9-16/h2-7,10,18H,8,17H2,1H3. The van der Waals surface area contributed by atoms with Crippen molar-refractivity contribution < 1.29 is 8.42 Å². The molecule has 0 fully saturated rings. The van der Waals surface area contributed by atoms with Crippen LogP contribution in [0, 0.1) is 18.3 Å². The topological polar surface area (TPSA) is 96.0 Å². The summed E-state index contributed by atoms with van der Waals surface area (Å²) in [4.78, 5) is 0.130. The van der Waals surface area contributed by atoms with Gasteiger partial charge in [-0.1, -0.05) is 18.2 Å². The number of sulfonamides is 1. The predicted molar refractivity (Wildman–Crippen MR) is 82.2 cm³/mol. The molecule has 0 saturated heterocycles. The Hall–Kier alpha value is -2.52. The minimum Gasteiger partial charge on any atom is -0.397 e. The van der Waals surface area contributed by atoms with Gasteiger partial charge in [0.15, 0.2) is 0 Å². The molecule has 0 aliphatic rings. The predicted octanol–water partition coefficient (Wildman–Crippen LogP) is 2.44. The SMILES string of the molecule is Cc1ccc(N)c(NS(=O)(=O)c2ccc(CC#N)cc2)c1. The summed E-state index contributed by atoms with van der Waals surface area (Å²) in [5.41, 5.74) is 8.18. The largest absolute Gasteiger partial charge is 0.397 e. The number of rotatable bonds is 4. The molecule has 0 amide bonds. The zero-order valence-electron chi connectivity index (χ0n) is 11.5. The molecule has 0 saturated carbocycles. The van der Waals surface area contributed by atoms with Crippen molar-refractivity contribution >= 4 is 21.4 Å². The first-order valence-corrected chi connectivity index (χ1v) is 7.75. The lowest BCUT2D eigenvalue weighted by atomic mass is 10.2. The van der Waals surface area contributed by atoms with Gasteiger partial charge in [-0.15, -0.1) is 0 Å².